The average Bonchev–Trinajstić information content (AvgIpc) is 3.60. The van der Waals surface area contributed by atoms with Crippen LogP contribution in [-0.4, -0.2) is 19.5 Å². The first-order valence-electron chi connectivity index (χ1n) is 19.0. The first kappa shape index (κ1) is 30.8. The van der Waals surface area contributed by atoms with Crippen molar-refractivity contribution in [2.75, 3.05) is 4.90 Å². The molecule has 0 N–H and O–H groups in total. The zero-order chi connectivity index (χ0) is 36.7. The number of fused-ring (bicyclic) bond motifs is 8. The maximum atomic E-state index is 5.43. The second-order valence-electron chi connectivity index (χ2n) is 14.5. The summed E-state index contributed by atoms with van der Waals surface area (Å²) >= 11 is 0. The number of hydrogen-bond donors (Lipinski definition) is 0. The van der Waals surface area contributed by atoms with Gasteiger partial charge in [-0.15, -0.1) is 0 Å². The van der Waals surface area contributed by atoms with Gasteiger partial charge in [0, 0.05) is 43.9 Å². The second-order valence-corrected chi connectivity index (χ2v) is 14.5. The van der Waals surface area contributed by atoms with Gasteiger partial charge in [0.1, 0.15) is 0 Å². The monoisotopic (exact) mass is 713 g/mol. The largest absolute Gasteiger partial charge is 0.309 e. The quantitative estimate of drug-likeness (QED) is 0.182. The Kier molecular flexibility index (Phi) is 6.56. The second kappa shape index (κ2) is 11.9. The van der Waals surface area contributed by atoms with Gasteiger partial charge in [-0.25, -0.2) is 4.98 Å². The number of anilines is 3. The van der Waals surface area contributed by atoms with Crippen LogP contribution in [0.25, 0.3) is 93.7 Å². The number of hydrogen-bond acceptors (Lipinski definition) is 4. The summed E-state index contributed by atoms with van der Waals surface area (Å²) in [4.78, 5) is 18.4. The molecular formula is C51H31N5. The summed E-state index contributed by atoms with van der Waals surface area (Å²) in [6.07, 6.45) is 0. The maximum Gasteiger partial charge on any atom is 0.238 e. The lowest BCUT2D eigenvalue weighted by Gasteiger charge is -2.33. The van der Waals surface area contributed by atoms with Crippen LogP contribution < -0.4 is 4.90 Å². The molecule has 12 rings (SSSR count). The number of nitrogens with zero attached hydrogens (tertiary/aromatic N) is 5. The Morgan fingerprint density at radius 1 is 0.375 bits per heavy atom. The molecule has 9 aromatic carbocycles. The highest BCUT2D eigenvalue weighted by atomic mass is 15.3. The Morgan fingerprint density at radius 3 is 1.88 bits per heavy atom. The van der Waals surface area contributed by atoms with Crippen molar-refractivity contribution in [1.82, 2.24) is 19.5 Å². The summed E-state index contributed by atoms with van der Waals surface area (Å²) < 4.78 is 2.33. The van der Waals surface area contributed by atoms with Crippen molar-refractivity contribution in [1.29, 1.82) is 0 Å². The van der Waals surface area contributed by atoms with Crippen LogP contribution in [0.2, 0.25) is 0 Å². The molecule has 0 bridgehead atoms. The normalized spacial score (nSPS) is 12.2. The Balaban J connectivity index is 1.15. The Morgan fingerprint density at radius 2 is 1.02 bits per heavy atom. The zero-order valence-corrected chi connectivity index (χ0v) is 30.1. The molecule has 3 heterocycles. The highest BCUT2D eigenvalue weighted by molar-refractivity contribution is 6.18. The molecule has 2 aromatic heterocycles. The third-order valence-electron chi connectivity index (χ3n) is 11.3. The van der Waals surface area contributed by atoms with Gasteiger partial charge in [-0.05, 0) is 75.6 Å². The minimum atomic E-state index is 0.574. The predicted octanol–water partition coefficient (Wildman–Crippen LogP) is 13.2. The number of benzene rings is 9. The molecular weight excluding hydrogens is 683 g/mol. The fourth-order valence-electron chi connectivity index (χ4n) is 8.79. The van der Waals surface area contributed by atoms with Gasteiger partial charge in [0.15, 0.2) is 11.6 Å². The highest BCUT2D eigenvalue weighted by Crippen LogP contribution is 2.53. The number of aromatic nitrogens is 4. The molecule has 56 heavy (non-hydrogen) atoms. The van der Waals surface area contributed by atoms with Crippen molar-refractivity contribution < 1.29 is 0 Å². The van der Waals surface area contributed by atoms with E-state index in [1.165, 1.54) is 27.1 Å². The topological polar surface area (TPSA) is 46.8 Å². The van der Waals surface area contributed by atoms with E-state index in [0.29, 0.717) is 17.6 Å². The van der Waals surface area contributed by atoms with Gasteiger partial charge < -0.3 is 4.57 Å². The number of para-hydroxylation sites is 2. The molecule has 0 saturated heterocycles. The van der Waals surface area contributed by atoms with Crippen LogP contribution in [0.3, 0.4) is 0 Å². The fourth-order valence-corrected chi connectivity index (χ4v) is 8.79. The highest BCUT2D eigenvalue weighted by Gasteiger charge is 2.30. The van der Waals surface area contributed by atoms with E-state index in [-0.39, 0.29) is 0 Å². The molecule has 0 atom stereocenters. The summed E-state index contributed by atoms with van der Waals surface area (Å²) in [6.45, 7) is 0. The molecule has 1 aliphatic rings. The molecule has 0 radical (unpaired) electrons. The molecule has 1 aliphatic heterocycles. The summed E-state index contributed by atoms with van der Waals surface area (Å²) in [5.41, 5.74) is 9.74. The minimum absolute atomic E-state index is 0.574. The lowest BCUT2D eigenvalue weighted by molar-refractivity contribution is 1.03. The van der Waals surface area contributed by atoms with E-state index in [0.717, 1.165) is 66.3 Å². The van der Waals surface area contributed by atoms with Crippen LogP contribution >= 0.6 is 0 Å². The van der Waals surface area contributed by atoms with Crippen LogP contribution in [0.15, 0.2) is 188 Å². The van der Waals surface area contributed by atoms with Crippen LogP contribution in [0, 0.1) is 0 Å². The SMILES string of the molecule is c1ccc(-n2c3ccccc3c3cc(-c4nc(-c5ccc6ccccc6c5)nc(N5c6c(ccc7ccccc67)-c6cccc7cccc5c67)n4)ccc32)cc1. The third-order valence-corrected chi connectivity index (χ3v) is 11.3. The Hall–Kier alpha value is -7.63. The molecule has 0 unspecified atom stereocenters. The fraction of sp³-hybridized carbons (Fsp3) is 0. The first-order valence-corrected chi connectivity index (χ1v) is 19.0. The van der Waals surface area contributed by atoms with Crippen LogP contribution in [0.5, 0.6) is 0 Å². The van der Waals surface area contributed by atoms with Crippen LogP contribution in [0.1, 0.15) is 0 Å². The molecule has 260 valence electrons. The molecule has 5 heteroatoms. The van der Waals surface area contributed by atoms with Gasteiger partial charge >= 0.3 is 0 Å². The summed E-state index contributed by atoms with van der Waals surface area (Å²) in [7, 11) is 0. The zero-order valence-electron chi connectivity index (χ0n) is 30.1. The molecule has 5 nitrogen and oxygen atoms in total. The van der Waals surface area contributed by atoms with Crippen molar-refractivity contribution in [3.8, 4) is 39.6 Å². The van der Waals surface area contributed by atoms with Crippen molar-refractivity contribution in [2.45, 2.75) is 0 Å². The van der Waals surface area contributed by atoms with Gasteiger partial charge in [0.25, 0.3) is 0 Å². The summed E-state index contributed by atoms with van der Waals surface area (Å²) in [6, 6.07) is 66.8. The van der Waals surface area contributed by atoms with Crippen molar-refractivity contribution in [3.63, 3.8) is 0 Å². The molecule has 0 fully saturated rings. The lowest BCUT2D eigenvalue weighted by atomic mass is 9.89. The Labute approximate surface area is 322 Å². The average molecular weight is 714 g/mol. The van der Waals surface area contributed by atoms with Crippen LogP contribution in [0.4, 0.5) is 17.3 Å². The summed E-state index contributed by atoms with van der Waals surface area (Å²) in [5, 5.41) is 9.28. The lowest BCUT2D eigenvalue weighted by Crippen LogP contribution is -2.19. The molecule has 0 aliphatic carbocycles. The smallest absolute Gasteiger partial charge is 0.238 e. The van der Waals surface area contributed by atoms with Gasteiger partial charge in [0.2, 0.25) is 5.95 Å². The van der Waals surface area contributed by atoms with E-state index in [1.54, 1.807) is 0 Å². The van der Waals surface area contributed by atoms with E-state index >= 15 is 0 Å². The van der Waals surface area contributed by atoms with Crippen molar-refractivity contribution in [3.05, 3.63) is 188 Å². The number of rotatable bonds is 4. The summed E-state index contributed by atoms with van der Waals surface area (Å²) in [5.74, 6) is 1.81. The maximum absolute atomic E-state index is 5.43. The van der Waals surface area contributed by atoms with Gasteiger partial charge in [-0.2, -0.15) is 9.97 Å². The van der Waals surface area contributed by atoms with E-state index in [4.69, 9.17) is 15.0 Å². The predicted molar refractivity (Wildman–Crippen MR) is 231 cm³/mol. The van der Waals surface area contributed by atoms with E-state index in [2.05, 4.69) is 198 Å². The van der Waals surface area contributed by atoms with Gasteiger partial charge in [-0.3, -0.25) is 4.90 Å². The first-order chi connectivity index (χ1) is 27.8. The molecule has 0 amide bonds. The standard InChI is InChI=1S/C51H31N5/c1-2-17-38(18-3-1)55-44-22-9-8-20-40(44)43-31-37(27-29-45(43)55)50-52-49(36-25-24-32-12-4-5-14-35(32)30-36)53-51(54-50)56-46-23-11-16-34-15-10-21-41(47(34)46)42-28-26-33-13-6-7-19-39(33)48(42)56/h1-31H. The van der Waals surface area contributed by atoms with Crippen molar-refractivity contribution >= 4 is 71.4 Å². The van der Waals surface area contributed by atoms with E-state index in [9.17, 15) is 0 Å². The van der Waals surface area contributed by atoms with E-state index in [1.807, 2.05) is 0 Å². The Bertz CT molecular complexity index is 3380. The molecule has 11 aromatic rings. The minimum Gasteiger partial charge on any atom is -0.309 e. The molecule has 0 spiro atoms. The van der Waals surface area contributed by atoms with Crippen molar-refractivity contribution in [2.24, 2.45) is 0 Å². The third kappa shape index (κ3) is 4.58. The van der Waals surface area contributed by atoms with Gasteiger partial charge in [-0.1, -0.05) is 140 Å². The van der Waals surface area contributed by atoms with Gasteiger partial charge in [0.05, 0.1) is 22.4 Å². The van der Waals surface area contributed by atoms with Crippen LogP contribution in [-0.2, 0) is 0 Å². The van der Waals surface area contributed by atoms with E-state index < -0.39 is 0 Å². The molecule has 0 saturated carbocycles.